The van der Waals surface area contributed by atoms with Gasteiger partial charge in [-0.3, -0.25) is 9.59 Å². The summed E-state index contributed by atoms with van der Waals surface area (Å²) in [5.41, 5.74) is 1.63. The van der Waals surface area contributed by atoms with Gasteiger partial charge in [0.15, 0.2) is 18.1 Å². The number of para-hydroxylation sites is 1. The molecular weight excluding hydrogens is 662 g/mol. The van der Waals surface area contributed by atoms with Crippen LogP contribution in [0.2, 0.25) is 10.0 Å². The van der Waals surface area contributed by atoms with Crippen molar-refractivity contribution in [1.82, 2.24) is 9.66 Å². The number of ether oxygens (including phenoxy) is 1. The standard InChI is InChI=1S/C31H18BrCl2FN4O4/c32-23-11-17(12-24(34)29(23)42-16-28(40)37-21-8-6-20(35)7-9-21)15-36-39-30(38-25-4-2-1-3-22(25)31(39)41)27-14-18-13-19(33)5-10-26(18)43-27/h1-15H,16H2,(H,37,40). The highest BCUT2D eigenvalue weighted by molar-refractivity contribution is 9.10. The van der Waals surface area contributed by atoms with Gasteiger partial charge in [-0.15, -0.1) is 0 Å². The molecule has 0 saturated heterocycles. The second kappa shape index (κ2) is 12.0. The summed E-state index contributed by atoms with van der Waals surface area (Å²) in [5.74, 6) is -0.0989. The SMILES string of the molecule is O=C(COc1c(Cl)cc(C=Nn2c(-c3cc4cc(Cl)ccc4o3)nc3ccccc3c2=O)cc1Br)Nc1ccc(F)cc1. The molecule has 1 N–H and O–H groups in total. The number of hydrogen-bond donors (Lipinski definition) is 1. The molecule has 0 aliphatic heterocycles. The van der Waals surface area contributed by atoms with Crippen LogP contribution in [0.1, 0.15) is 5.56 Å². The summed E-state index contributed by atoms with van der Waals surface area (Å²) < 4.78 is 26.3. The number of benzene rings is 4. The van der Waals surface area contributed by atoms with Crippen LogP contribution < -0.4 is 15.6 Å². The number of furan rings is 1. The molecular formula is C31H18BrCl2FN4O4. The van der Waals surface area contributed by atoms with Crippen LogP contribution >= 0.6 is 39.1 Å². The van der Waals surface area contributed by atoms with E-state index in [2.05, 4.69) is 31.3 Å². The van der Waals surface area contributed by atoms with E-state index in [9.17, 15) is 14.0 Å². The maximum Gasteiger partial charge on any atom is 0.282 e. The van der Waals surface area contributed by atoms with Crippen LogP contribution in [0.25, 0.3) is 33.5 Å². The average Bonchev–Trinajstić information content (AvgIpc) is 3.40. The first-order valence-corrected chi connectivity index (χ1v) is 14.2. The first-order valence-electron chi connectivity index (χ1n) is 12.7. The number of rotatable bonds is 7. The van der Waals surface area contributed by atoms with E-state index in [1.807, 2.05) is 0 Å². The van der Waals surface area contributed by atoms with Gasteiger partial charge in [0.2, 0.25) is 5.82 Å². The lowest BCUT2D eigenvalue weighted by molar-refractivity contribution is -0.118. The number of anilines is 1. The number of hydrogen-bond acceptors (Lipinski definition) is 6. The van der Waals surface area contributed by atoms with Crippen LogP contribution in [-0.4, -0.2) is 28.4 Å². The summed E-state index contributed by atoms with van der Waals surface area (Å²) in [6.45, 7) is -0.340. The van der Waals surface area contributed by atoms with Gasteiger partial charge in [0.05, 0.1) is 26.6 Å². The fourth-order valence-corrected chi connectivity index (χ4v) is 5.47. The molecule has 214 valence electrons. The van der Waals surface area contributed by atoms with Crippen molar-refractivity contribution in [2.75, 3.05) is 11.9 Å². The molecule has 0 fully saturated rings. The van der Waals surface area contributed by atoms with E-state index in [1.165, 1.54) is 30.5 Å². The molecule has 12 heteroatoms. The fraction of sp³-hybridized carbons (Fsp3) is 0.0323. The number of nitrogens with zero attached hydrogens (tertiary/aromatic N) is 3. The summed E-state index contributed by atoms with van der Waals surface area (Å²) in [6.07, 6.45) is 1.45. The summed E-state index contributed by atoms with van der Waals surface area (Å²) >= 11 is 16.0. The lowest BCUT2D eigenvalue weighted by Gasteiger charge is -2.11. The van der Waals surface area contributed by atoms with Crippen LogP contribution in [0.15, 0.2) is 104 Å². The predicted molar refractivity (Wildman–Crippen MR) is 169 cm³/mol. The Labute approximate surface area is 261 Å². The van der Waals surface area contributed by atoms with Gasteiger partial charge in [-0.2, -0.15) is 9.78 Å². The number of aromatic nitrogens is 2. The lowest BCUT2D eigenvalue weighted by atomic mass is 10.2. The molecule has 6 aromatic rings. The molecule has 43 heavy (non-hydrogen) atoms. The summed E-state index contributed by atoms with van der Waals surface area (Å²) in [7, 11) is 0. The summed E-state index contributed by atoms with van der Waals surface area (Å²) in [6, 6.07) is 22.5. The molecule has 1 amide bonds. The molecule has 4 aromatic carbocycles. The highest BCUT2D eigenvalue weighted by Gasteiger charge is 2.17. The Morgan fingerprint density at radius 3 is 2.65 bits per heavy atom. The minimum absolute atomic E-state index is 0.198. The van der Waals surface area contributed by atoms with Crippen LogP contribution in [0.3, 0.4) is 0 Å². The van der Waals surface area contributed by atoms with Crippen LogP contribution in [0.4, 0.5) is 10.1 Å². The molecule has 0 saturated carbocycles. The van der Waals surface area contributed by atoms with Crippen molar-refractivity contribution in [2.24, 2.45) is 5.10 Å². The van der Waals surface area contributed by atoms with E-state index < -0.39 is 17.3 Å². The van der Waals surface area contributed by atoms with Gasteiger partial charge < -0.3 is 14.5 Å². The zero-order valence-electron chi connectivity index (χ0n) is 21.9. The molecule has 0 aliphatic carbocycles. The molecule has 0 unspecified atom stereocenters. The third-order valence-corrected chi connectivity index (χ3v) is 7.38. The number of halogens is 4. The number of amides is 1. The van der Waals surface area contributed by atoms with Gasteiger partial charge in [0.25, 0.3) is 11.5 Å². The normalized spacial score (nSPS) is 11.4. The fourth-order valence-electron chi connectivity index (χ4n) is 4.30. The van der Waals surface area contributed by atoms with Crippen molar-refractivity contribution < 1.29 is 18.3 Å². The van der Waals surface area contributed by atoms with E-state index in [-0.39, 0.29) is 23.2 Å². The Hall–Kier alpha value is -4.51. The maximum absolute atomic E-state index is 13.5. The Morgan fingerprint density at radius 1 is 1.07 bits per heavy atom. The van der Waals surface area contributed by atoms with Crippen molar-refractivity contribution >= 4 is 78.8 Å². The topological polar surface area (TPSA) is 98.7 Å². The zero-order valence-corrected chi connectivity index (χ0v) is 25.0. The highest BCUT2D eigenvalue weighted by atomic mass is 79.9. The molecule has 0 radical (unpaired) electrons. The minimum Gasteiger partial charge on any atom is -0.481 e. The zero-order chi connectivity index (χ0) is 30.1. The van der Waals surface area contributed by atoms with Gasteiger partial charge in [-0.05, 0) is 94.3 Å². The van der Waals surface area contributed by atoms with Crippen molar-refractivity contribution in [3.8, 4) is 17.3 Å². The Kier molecular flexibility index (Phi) is 7.98. The van der Waals surface area contributed by atoms with Gasteiger partial charge in [0, 0.05) is 16.1 Å². The van der Waals surface area contributed by atoms with E-state index in [0.717, 1.165) is 10.1 Å². The number of nitrogens with one attached hydrogen (secondary N) is 1. The molecule has 0 spiro atoms. The molecule has 0 aliphatic rings. The largest absolute Gasteiger partial charge is 0.481 e. The summed E-state index contributed by atoms with van der Waals surface area (Å²) in [5, 5.41) is 8.93. The Balaban J connectivity index is 1.29. The van der Waals surface area contributed by atoms with E-state index in [0.29, 0.717) is 43.0 Å². The van der Waals surface area contributed by atoms with Crippen LogP contribution in [0.5, 0.6) is 5.75 Å². The first kappa shape index (κ1) is 28.6. The Bertz CT molecular complexity index is 2090. The second-order valence-corrected chi connectivity index (χ2v) is 11.0. The second-order valence-electron chi connectivity index (χ2n) is 9.26. The lowest BCUT2D eigenvalue weighted by Crippen LogP contribution is -2.20. The van der Waals surface area contributed by atoms with Gasteiger partial charge in [-0.1, -0.05) is 35.3 Å². The van der Waals surface area contributed by atoms with Crippen LogP contribution in [0, 0.1) is 5.82 Å². The Morgan fingerprint density at radius 2 is 1.86 bits per heavy atom. The number of carbonyl (C=O) groups excluding carboxylic acids is 1. The van der Waals surface area contributed by atoms with E-state index in [4.69, 9.17) is 32.4 Å². The minimum atomic E-state index is -0.455. The van der Waals surface area contributed by atoms with E-state index >= 15 is 0 Å². The highest BCUT2D eigenvalue weighted by Crippen LogP contribution is 2.34. The molecule has 0 bridgehead atoms. The molecule has 2 aromatic heterocycles. The molecule has 0 atom stereocenters. The molecule has 2 heterocycles. The van der Waals surface area contributed by atoms with E-state index in [1.54, 1.807) is 60.7 Å². The average molecular weight is 680 g/mol. The van der Waals surface area contributed by atoms with Gasteiger partial charge >= 0.3 is 0 Å². The maximum atomic E-state index is 13.5. The summed E-state index contributed by atoms with van der Waals surface area (Å²) in [4.78, 5) is 30.5. The third-order valence-electron chi connectivity index (χ3n) is 6.27. The molecule has 8 nitrogen and oxygen atoms in total. The van der Waals surface area contributed by atoms with Crippen molar-refractivity contribution in [3.63, 3.8) is 0 Å². The predicted octanol–water partition coefficient (Wildman–Crippen LogP) is 7.92. The molecule has 6 rings (SSSR count). The van der Waals surface area contributed by atoms with Gasteiger partial charge in [0.1, 0.15) is 11.4 Å². The van der Waals surface area contributed by atoms with Crippen molar-refractivity contribution in [3.05, 3.63) is 121 Å². The third kappa shape index (κ3) is 6.17. The van der Waals surface area contributed by atoms with Crippen molar-refractivity contribution in [2.45, 2.75) is 0 Å². The quantitative estimate of drug-likeness (QED) is 0.173. The van der Waals surface area contributed by atoms with Crippen LogP contribution in [-0.2, 0) is 4.79 Å². The number of carbonyl (C=O) groups is 1. The smallest absolute Gasteiger partial charge is 0.282 e. The van der Waals surface area contributed by atoms with Gasteiger partial charge in [-0.25, -0.2) is 9.37 Å². The number of fused-ring (bicyclic) bond motifs is 2. The van der Waals surface area contributed by atoms with Crippen molar-refractivity contribution in [1.29, 1.82) is 0 Å². The monoisotopic (exact) mass is 678 g/mol. The first-order chi connectivity index (χ1) is 20.7.